The number of benzene rings is 1. The molecule has 0 saturated carbocycles. The Bertz CT molecular complexity index is 416. The van der Waals surface area contributed by atoms with E-state index in [0.717, 1.165) is 18.4 Å². The lowest BCUT2D eigenvalue weighted by Gasteiger charge is -2.14. The van der Waals surface area contributed by atoms with Crippen LogP contribution in [0.5, 0.6) is 23.0 Å². The molecule has 0 atom stereocenters. The molecule has 0 radical (unpaired) electrons. The fraction of sp³-hybridized carbons (Fsp3) is 0.538. The highest BCUT2D eigenvalue weighted by molar-refractivity contribution is 5.63. The molecule has 5 nitrogen and oxygen atoms in total. The molecular formula is C13H18O5. The fourth-order valence-corrected chi connectivity index (χ4v) is 2.05. The van der Waals surface area contributed by atoms with Crippen LogP contribution in [0.15, 0.2) is 6.07 Å². The van der Waals surface area contributed by atoms with Gasteiger partial charge in [-0.1, -0.05) is 0 Å². The summed E-state index contributed by atoms with van der Waals surface area (Å²) >= 11 is 0. The van der Waals surface area contributed by atoms with Crippen LogP contribution in [0, 0.1) is 0 Å². The number of rotatable bonds is 6. The number of hydrogen-bond acceptors (Lipinski definition) is 5. The summed E-state index contributed by atoms with van der Waals surface area (Å²) in [5.41, 5.74) is 1.04. The van der Waals surface area contributed by atoms with E-state index in [-0.39, 0.29) is 6.79 Å². The molecule has 0 unspecified atom stereocenters. The second kappa shape index (κ2) is 5.82. The van der Waals surface area contributed by atoms with Crippen molar-refractivity contribution in [1.29, 1.82) is 0 Å². The van der Waals surface area contributed by atoms with Crippen molar-refractivity contribution in [2.45, 2.75) is 12.8 Å². The summed E-state index contributed by atoms with van der Waals surface area (Å²) in [6, 6.07) is 1.94. The average molecular weight is 254 g/mol. The minimum Gasteiger partial charge on any atom is -0.492 e. The molecule has 0 fully saturated rings. The van der Waals surface area contributed by atoms with Gasteiger partial charge in [0.1, 0.15) is 0 Å². The van der Waals surface area contributed by atoms with Gasteiger partial charge in [0.25, 0.3) is 0 Å². The van der Waals surface area contributed by atoms with Crippen molar-refractivity contribution in [3.8, 4) is 23.0 Å². The molecule has 0 aliphatic carbocycles. The third-order valence-corrected chi connectivity index (χ3v) is 2.85. The van der Waals surface area contributed by atoms with Gasteiger partial charge < -0.3 is 23.7 Å². The first-order chi connectivity index (χ1) is 8.81. The van der Waals surface area contributed by atoms with Crippen LogP contribution in [-0.4, -0.2) is 34.7 Å². The zero-order chi connectivity index (χ0) is 13.0. The second-order valence-corrected chi connectivity index (χ2v) is 3.93. The first-order valence-electron chi connectivity index (χ1n) is 5.84. The summed E-state index contributed by atoms with van der Waals surface area (Å²) in [5, 5.41) is 0. The number of ether oxygens (including phenoxy) is 5. The summed E-state index contributed by atoms with van der Waals surface area (Å²) < 4.78 is 26.6. The third-order valence-electron chi connectivity index (χ3n) is 2.85. The normalized spacial score (nSPS) is 12.6. The molecule has 0 bridgehead atoms. The molecule has 100 valence electrons. The highest BCUT2D eigenvalue weighted by Gasteiger charge is 2.25. The first kappa shape index (κ1) is 12.8. The van der Waals surface area contributed by atoms with E-state index in [1.807, 2.05) is 6.07 Å². The summed E-state index contributed by atoms with van der Waals surface area (Å²) in [6.45, 7) is 0.927. The van der Waals surface area contributed by atoms with Crippen LogP contribution in [0.2, 0.25) is 0 Å². The van der Waals surface area contributed by atoms with E-state index in [4.69, 9.17) is 23.7 Å². The van der Waals surface area contributed by atoms with E-state index in [2.05, 4.69) is 0 Å². The van der Waals surface area contributed by atoms with Crippen LogP contribution in [-0.2, 0) is 11.2 Å². The Hall–Kier alpha value is -1.62. The average Bonchev–Trinajstić information content (AvgIpc) is 2.85. The molecule has 18 heavy (non-hydrogen) atoms. The van der Waals surface area contributed by atoms with E-state index in [0.29, 0.717) is 29.6 Å². The highest BCUT2D eigenvalue weighted by atomic mass is 16.7. The van der Waals surface area contributed by atoms with Crippen molar-refractivity contribution >= 4 is 0 Å². The largest absolute Gasteiger partial charge is 0.492 e. The number of hydrogen-bond donors (Lipinski definition) is 0. The van der Waals surface area contributed by atoms with E-state index < -0.39 is 0 Å². The topological polar surface area (TPSA) is 46.2 Å². The molecule has 1 aromatic rings. The van der Waals surface area contributed by atoms with Crippen LogP contribution in [0.4, 0.5) is 0 Å². The van der Waals surface area contributed by atoms with Gasteiger partial charge >= 0.3 is 0 Å². The molecular weight excluding hydrogens is 236 g/mol. The van der Waals surface area contributed by atoms with Gasteiger partial charge in [0.2, 0.25) is 18.3 Å². The van der Waals surface area contributed by atoms with Crippen LogP contribution >= 0.6 is 0 Å². The Kier molecular flexibility index (Phi) is 4.15. The summed E-state index contributed by atoms with van der Waals surface area (Å²) in [4.78, 5) is 0. The van der Waals surface area contributed by atoms with Crippen molar-refractivity contribution in [3.63, 3.8) is 0 Å². The SMILES string of the molecule is COCCCc1cc2c(c(OC)c1OC)OCO2. The first-order valence-corrected chi connectivity index (χ1v) is 5.84. The maximum absolute atomic E-state index is 5.42. The molecule has 0 aromatic heterocycles. The Labute approximate surface area is 107 Å². The van der Waals surface area contributed by atoms with Crippen molar-refractivity contribution < 1.29 is 23.7 Å². The quantitative estimate of drug-likeness (QED) is 0.727. The molecule has 5 heteroatoms. The van der Waals surface area contributed by atoms with Crippen molar-refractivity contribution in [2.24, 2.45) is 0 Å². The molecule has 0 saturated heterocycles. The van der Waals surface area contributed by atoms with Gasteiger partial charge in [-0.2, -0.15) is 0 Å². The smallest absolute Gasteiger partial charge is 0.231 e. The summed E-state index contributed by atoms with van der Waals surface area (Å²) in [6.07, 6.45) is 1.75. The van der Waals surface area contributed by atoms with Gasteiger partial charge in [0, 0.05) is 19.3 Å². The number of methoxy groups -OCH3 is 3. The summed E-state index contributed by atoms with van der Waals surface area (Å²) in [7, 11) is 4.91. The third kappa shape index (κ3) is 2.31. The molecule has 0 spiro atoms. The summed E-state index contributed by atoms with van der Waals surface area (Å²) in [5.74, 6) is 2.63. The van der Waals surface area contributed by atoms with Gasteiger partial charge in [-0.25, -0.2) is 0 Å². The standard InChI is InChI=1S/C13H18O5/c1-14-6-4-5-9-7-10-12(18-8-17-10)13(16-3)11(9)15-2/h7H,4-6,8H2,1-3H3. The van der Waals surface area contributed by atoms with Crippen LogP contribution in [0.3, 0.4) is 0 Å². The Morgan fingerprint density at radius 1 is 1.11 bits per heavy atom. The van der Waals surface area contributed by atoms with E-state index in [1.165, 1.54) is 0 Å². The Morgan fingerprint density at radius 3 is 2.56 bits per heavy atom. The lowest BCUT2D eigenvalue weighted by atomic mass is 10.1. The Balaban J connectivity index is 2.33. The molecule has 1 aromatic carbocycles. The van der Waals surface area contributed by atoms with Crippen LogP contribution in [0.25, 0.3) is 0 Å². The van der Waals surface area contributed by atoms with Gasteiger partial charge in [-0.05, 0) is 18.9 Å². The number of fused-ring (bicyclic) bond motifs is 1. The minimum atomic E-state index is 0.219. The molecule has 1 aliphatic rings. The van der Waals surface area contributed by atoms with E-state index in [9.17, 15) is 0 Å². The molecule has 1 heterocycles. The number of aryl methyl sites for hydroxylation is 1. The highest BCUT2D eigenvalue weighted by Crippen LogP contribution is 2.49. The monoisotopic (exact) mass is 254 g/mol. The van der Waals surface area contributed by atoms with Crippen LogP contribution < -0.4 is 18.9 Å². The van der Waals surface area contributed by atoms with Crippen molar-refractivity contribution in [2.75, 3.05) is 34.7 Å². The minimum absolute atomic E-state index is 0.219. The molecule has 0 amide bonds. The molecule has 0 N–H and O–H groups in total. The second-order valence-electron chi connectivity index (χ2n) is 3.93. The van der Waals surface area contributed by atoms with Gasteiger partial charge in [0.15, 0.2) is 11.5 Å². The fourth-order valence-electron chi connectivity index (χ4n) is 2.05. The van der Waals surface area contributed by atoms with Crippen molar-refractivity contribution in [1.82, 2.24) is 0 Å². The zero-order valence-corrected chi connectivity index (χ0v) is 10.9. The van der Waals surface area contributed by atoms with E-state index in [1.54, 1.807) is 21.3 Å². The maximum Gasteiger partial charge on any atom is 0.231 e. The predicted octanol–water partition coefficient (Wildman–Crippen LogP) is 2.01. The zero-order valence-electron chi connectivity index (χ0n) is 10.9. The van der Waals surface area contributed by atoms with Crippen LogP contribution in [0.1, 0.15) is 12.0 Å². The Morgan fingerprint density at radius 2 is 1.89 bits per heavy atom. The van der Waals surface area contributed by atoms with Gasteiger partial charge in [-0.3, -0.25) is 0 Å². The predicted molar refractivity (Wildman–Crippen MR) is 65.9 cm³/mol. The van der Waals surface area contributed by atoms with Crippen molar-refractivity contribution in [3.05, 3.63) is 11.6 Å². The molecule has 2 rings (SSSR count). The maximum atomic E-state index is 5.42. The van der Waals surface area contributed by atoms with Gasteiger partial charge in [-0.15, -0.1) is 0 Å². The van der Waals surface area contributed by atoms with Gasteiger partial charge in [0.05, 0.1) is 14.2 Å². The molecule has 1 aliphatic heterocycles. The van der Waals surface area contributed by atoms with E-state index >= 15 is 0 Å². The lowest BCUT2D eigenvalue weighted by Crippen LogP contribution is -1.99. The lowest BCUT2D eigenvalue weighted by molar-refractivity contribution is 0.170.